The highest BCUT2D eigenvalue weighted by Crippen LogP contribution is 2.34. The van der Waals surface area contributed by atoms with Gasteiger partial charge in [-0.1, -0.05) is 13.8 Å². The second-order valence-corrected chi connectivity index (χ2v) is 24.2. The molecular weight excluding hydrogens is 418 g/mol. The Bertz CT molecular complexity index is 535. The van der Waals surface area contributed by atoms with E-state index in [0.717, 1.165) is 6.04 Å². The van der Waals surface area contributed by atoms with E-state index < -0.39 is 37.0 Å². The van der Waals surface area contributed by atoms with Gasteiger partial charge >= 0.3 is 8.56 Å². The third kappa shape index (κ3) is 12.5. The highest BCUT2D eigenvalue weighted by Gasteiger charge is 2.44. The first-order valence-corrected chi connectivity index (χ1v) is 20.1. The van der Waals surface area contributed by atoms with Crippen molar-refractivity contribution in [3.63, 3.8) is 0 Å². The Kier molecular flexibility index (Phi) is 9.11. The summed E-state index contributed by atoms with van der Waals surface area (Å²) in [5, 5.41) is 10.2. The molecule has 0 radical (unpaired) electrons. The van der Waals surface area contributed by atoms with Crippen LogP contribution in [0, 0.1) is 5.41 Å². The first-order chi connectivity index (χ1) is 12.8. The van der Waals surface area contributed by atoms with Gasteiger partial charge in [-0.2, -0.15) is 0 Å². The van der Waals surface area contributed by atoms with Gasteiger partial charge in [0.15, 0.2) is 22.4 Å². The van der Waals surface area contributed by atoms with Gasteiger partial charge in [0.25, 0.3) is 0 Å². The van der Waals surface area contributed by atoms with Gasteiger partial charge in [-0.3, -0.25) is 4.99 Å². The van der Waals surface area contributed by atoms with Crippen LogP contribution in [0.4, 0.5) is 0 Å². The third-order valence-corrected chi connectivity index (χ3v) is 14.2. The van der Waals surface area contributed by atoms with Crippen LogP contribution in [0.1, 0.15) is 34.1 Å². The average molecular weight is 464 g/mol. The molecule has 0 aromatic heterocycles. The van der Waals surface area contributed by atoms with Crippen molar-refractivity contribution < 1.29 is 22.8 Å². The quantitative estimate of drug-likeness (QED) is 0.376. The first kappa shape index (κ1) is 27.2. The Hall–Kier alpha value is 0.121. The number of hydrogen-bond acceptors (Lipinski definition) is 6. The molecule has 0 bridgehead atoms. The molecule has 172 valence electrons. The summed E-state index contributed by atoms with van der Waals surface area (Å²) in [6.07, 6.45) is 1.68. The van der Waals surface area contributed by atoms with Crippen molar-refractivity contribution in [3.8, 4) is 0 Å². The first-order valence-electron chi connectivity index (χ1n) is 10.7. The lowest BCUT2D eigenvalue weighted by molar-refractivity contribution is -0.0470. The molecule has 0 amide bonds. The van der Waals surface area contributed by atoms with Crippen molar-refractivity contribution >= 4 is 31.4 Å². The molecule has 0 fully saturated rings. The summed E-state index contributed by atoms with van der Waals surface area (Å²) in [7, 11) is -5.76. The summed E-state index contributed by atoms with van der Waals surface area (Å²) in [6.45, 7) is 24.8. The minimum atomic E-state index is -2.33. The normalized spacial score (nSPS) is 22.6. The van der Waals surface area contributed by atoms with Gasteiger partial charge in [-0.25, -0.2) is 0 Å². The molecule has 3 unspecified atom stereocenters. The van der Waals surface area contributed by atoms with Crippen molar-refractivity contribution in [3.05, 3.63) is 0 Å². The van der Waals surface area contributed by atoms with E-state index in [4.69, 9.17) is 17.7 Å². The molecule has 0 aliphatic carbocycles. The number of hydrogen-bond donors (Lipinski definition) is 1. The topological polar surface area (TPSA) is 69.5 Å². The molecule has 1 aliphatic heterocycles. The minimum absolute atomic E-state index is 0.0513. The van der Waals surface area contributed by atoms with Crippen LogP contribution in [0.5, 0.6) is 0 Å². The summed E-state index contributed by atoms with van der Waals surface area (Å²) in [6, 6.07) is 0.891. The number of aliphatic hydroxyl groups is 1. The van der Waals surface area contributed by atoms with E-state index in [1.807, 2.05) is 13.8 Å². The molecule has 6 nitrogen and oxygen atoms in total. The van der Waals surface area contributed by atoms with Crippen LogP contribution in [-0.2, 0) is 17.7 Å². The number of aliphatic imine (C=N–C) groups is 1. The molecule has 0 saturated carbocycles. The van der Waals surface area contributed by atoms with E-state index in [-0.39, 0.29) is 18.1 Å². The second-order valence-electron chi connectivity index (χ2n) is 11.5. The fraction of sp³-hybridized carbons (Fsp3) is 0.950. The van der Waals surface area contributed by atoms with Crippen LogP contribution in [0.3, 0.4) is 0 Å². The maximum absolute atomic E-state index is 10.2. The summed E-state index contributed by atoms with van der Waals surface area (Å²) >= 11 is 0. The van der Waals surface area contributed by atoms with Crippen LogP contribution in [0.25, 0.3) is 0 Å². The highest BCUT2D eigenvalue weighted by atomic mass is 28.5. The zero-order valence-electron chi connectivity index (χ0n) is 20.6. The zero-order valence-corrected chi connectivity index (χ0v) is 23.6. The predicted molar refractivity (Wildman–Crippen MR) is 128 cm³/mol. The lowest BCUT2D eigenvalue weighted by atomic mass is 9.98. The van der Waals surface area contributed by atoms with Crippen LogP contribution < -0.4 is 0 Å². The van der Waals surface area contributed by atoms with E-state index in [9.17, 15) is 5.11 Å². The summed E-state index contributed by atoms with van der Waals surface area (Å²) in [4.78, 5) is 4.03. The molecule has 3 atom stereocenters. The van der Waals surface area contributed by atoms with E-state index >= 15 is 0 Å². The highest BCUT2D eigenvalue weighted by molar-refractivity contribution is 6.87. The molecule has 1 aliphatic rings. The number of aliphatic hydroxyl groups excluding tert-OH is 1. The van der Waals surface area contributed by atoms with Crippen LogP contribution in [0.15, 0.2) is 4.99 Å². The molecule has 29 heavy (non-hydrogen) atoms. The average Bonchev–Trinajstić information content (AvgIpc) is 3.16. The molecule has 9 heteroatoms. The Morgan fingerprint density at radius 1 is 1.03 bits per heavy atom. The fourth-order valence-electron chi connectivity index (χ4n) is 3.63. The molecular formula is C20H45NO5Si3. The molecule has 1 rings (SSSR count). The minimum Gasteiger partial charge on any atom is -0.437 e. The maximum Gasteiger partial charge on any atom is 0.315 e. The smallest absolute Gasteiger partial charge is 0.315 e. The van der Waals surface area contributed by atoms with E-state index in [1.165, 1.54) is 0 Å². The monoisotopic (exact) mass is 463 g/mol. The fourth-order valence-corrected chi connectivity index (χ4v) is 16.9. The van der Waals surface area contributed by atoms with Gasteiger partial charge in [0.2, 0.25) is 0 Å². The van der Waals surface area contributed by atoms with Gasteiger partial charge in [-0.15, -0.1) is 0 Å². The summed E-state index contributed by atoms with van der Waals surface area (Å²) in [5.74, 6) is 0. The number of nitrogens with zero attached hydrogens (tertiary/aromatic N) is 1. The van der Waals surface area contributed by atoms with Crippen LogP contribution in [0.2, 0.25) is 51.9 Å². The predicted octanol–water partition coefficient (Wildman–Crippen LogP) is 4.76. The van der Waals surface area contributed by atoms with Gasteiger partial charge in [-0.05, 0) is 71.1 Å². The Morgan fingerprint density at radius 2 is 1.52 bits per heavy atom. The number of rotatable bonds is 14. The molecule has 0 spiro atoms. The van der Waals surface area contributed by atoms with E-state index in [2.05, 4.69) is 64.7 Å². The molecule has 0 saturated heterocycles. The summed E-state index contributed by atoms with van der Waals surface area (Å²) in [5.41, 5.74) is -0.555. The Morgan fingerprint density at radius 3 is 1.93 bits per heavy atom. The van der Waals surface area contributed by atoms with Crippen molar-refractivity contribution in [2.24, 2.45) is 10.4 Å². The van der Waals surface area contributed by atoms with E-state index in [1.54, 1.807) is 6.21 Å². The maximum atomic E-state index is 10.2. The van der Waals surface area contributed by atoms with Gasteiger partial charge < -0.3 is 22.8 Å². The second kappa shape index (κ2) is 9.72. The molecule has 0 aromatic rings. The molecule has 1 N–H and O–H groups in total. The molecule has 1 heterocycles. The van der Waals surface area contributed by atoms with E-state index in [0.29, 0.717) is 13.0 Å². The van der Waals surface area contributed by atoms with Crippen LogP contribution in [-0.4, -0.2) is 67.7 Å². The van der Waals surface area contributed by atoms with Crippen molar-refractivity contribution in [2.45, 2.75) is 104 Å². The Labute approximate surface area is 181 Å². The summed E-state index contributed by atoms with van der Waals surface area (Å²) < 4.78 is 25.0. The SMILES string of the molecule is CC(CC(O)COC1(C)C=N1)OCC(C)(C)C[Si](C)(O[Si](C)(C)C)O[Si](C)(C)C. The Balaban J connectivity index is 2.56. The standard InChI is InChI=1S/C20H45NO5Si3/c1-17(12-18(22)13-24-20(4)14-21-20)23-15-19(2,3)16-29(11,25-27(5,6)7)26-28(8,9)10/h14,17-18,22H,12-13,15-16H2,1-11H3. The zero-order chi connectivity index (χ0) is 22.7. The van der Waals surface area contributed by atoms with Crippen molar-refractivity contribution in [1.29, 1.82) is 0 Å². The lowest BCUT2D eigenvalue weighted by Gasteiger charge is -2.42. The number of ether oxygens (including phenoxy) is 2. The third-order valence-electron chi connectivity index (χ3n) is 4.27. The van der Waals surface area contributed by atoms with Crippen molar-refractivity contribution in [1.82, 2.24) is 0 Å². The lowest BCUT2D eigenvalue weighted by Crippen LogP contribution is -2.54. The van der Waals surface area contributed by atoms with Gasteiger partial charge in [0.05, 0.1) is 31.6 Å². The molecule has 0 aromatic carbocycles. The van der Waals surface area contributed by atoms with Crippen LogP contribution >= 0.6 is 0 Å². The van der Waals surface area contributed by atoms with Gasteiger partial charge in [0, 0.05) is 6.42 Å². The largest absolute Gasteiger partial charge is 0.437 e. The van der Waals surface area contributed by atoms with Gasteiger partial charge in [0.1, 0.15) is 0 Å². The van der Waals surface area contributed by atoms with Crippen molar-refractivity contribution in [2.75, 3.05) is 13.2 Å².